The number of aryl methyl sites for hydroxylation is 1. The van der Waals surface area contributed by atoms with Gasteiger partial charge in [0.25, 0.3) is 0 Å². The lowest BCUT2D eigenvalue weighted by Gasteiger charge is -2.26. The molecule has 2 heterocycles. The van der Waals surface area contributed by atoms with E-state index in [1.54, 1.807) is 0 Å². The van der Waals surface area contributed by atoms with Crippen LogP contribution < -0.4 is 0 Å². The summed E-state index contributed by atoms with van der Waals surface area (Å²) in [5.41, 5.74) is 9.22. The molecule has 1 aromatic heterocycles. The fraction of sp³-hybridized carbons (Fsp3) is 0.333. The molecule has 0 aliphatic carbocycles. The first-order valence-corrected chi connectivity index (χ1v) is 9.32. The smallest absolute Gasteiger partial charge is 0.104 e. The van der Waals surface area contributed by atoms with Crippen LogP contribution in [0.1, 0.15) is 36.9 Å². The number of rotatable bonds is 3. The molecule has 2 aromatic carbocycles. The quantitative estimate of drug-likeness (QED) is 0.554. The Labute approximate surface area is 156 Å². The summed E-state index contributed by atoms with van der Waals surface area (Å²) in [4.78, 5) is 0. The van der Waals surface area contributed by atoms with Gasteiger partial charge in [-0.1, -0.05) is 74.0 Å². The molecule has 0 amide bonds. The molecule has 2 nitrogen and oxygen atoms in total. The van der Waals surface area contributed by atoms with Crippen molar-refractivity contribution >= 4 is 0 Å². The maximum atomic E-state index is 6.02. The second-order valence-electron chi connectivity index (χ2n) is 8.14. The van der Waals surface area contributed by atoms with Gasteiger partial charge in [-0.25, -0.2) is 0 Å². The lowest BCUT2D eigenvalue weighted by molar-refractivity contribution is 0.0185. The molecule has 0 fully saturated rings. The zero-order chi connectivity index (χ0) is 18.5. The van der Waals surface area contributed by atoms with Gasteiger partial charge in [0.05, 0.1) is 5.69 Å². The first kappa shape index (κ1) is 17.1. The minimum absolute atomic E-state index is 0.0875. The van der Waals surface area contributed by atoms with Gasteiger partial charge in [0.2, 0.25) is 0 Å². The van der Waals surface area contributed by atoms with Crippen LogP contribution in [0.25, 0.3) is 22.3 Å². The van der Waals surface area contributed by atoms with Gasteiger partial charge in [0.1, 0.15) is 6.10 Å². The Morgan fingerprint density at radius 2 is 1.50 bits per heavy atom. The number of hydrogen-bond donors (Lipinski definition) is 0. The molecule has 0 N–H and O–H groups in total. The highest BCUT2D eigenvalue weighted by atomic mass is 16.5. The van der Waals surface area contributed by atoms with Crippen molar-refractivity contribution in [1.82, 2.24) is 4.57 Å². The number of nitrogens with zero attached hydrogens (tertiary/aromatic N) is 1. The fourth-order valence-electron chi connectivity index (χ4n) is 4.50. The summed E-state index contributed by atoms with van der Waals surface area (Å²) in [5.74, 6) is 0. The highest BCUT2D eigenvalue weighted by Gasteiger charge is 2.43. The predicted octanol–water partition coefficient (Wildman–Crippen LogP) is 6.17. The minimum Gasteiger partial charge on any atom is -0.375 e. The summed E-state index contributed by atoms with van der Waals surface area (Å²) in [6.45, 7) is 9.97. The number of benzene rings is 2. The van der Waals surface area contributed by atoms with Crippen molar-refractivity contribution in [3.8, 4) is 22.3 Å². The largest absolute Gasteiger partial charge is 0.375 e. The molecule has 1 aliphatic heterocycles. The van der Waals surface area contributed by atoms with Crippen LogP contribution in [-0.4, -0.2) is 11.7 Å². The highest BCUT2D eigenvalue weighted by Crippen LogP contribution is 2.52. The number of fused-ring (bicyclic) bond motifs is 1. The standard InChI is InChI=1S/C24H27NO/c1-16-11-13-19(14-12-16)20-17(2)25-15-24(3,4)23(26-5)22(25)21(20)18-9-7-6-8-10-18/h6-14,23H,15H2,1-5H3. The molecule has 4 rings (SSSR count). The Balaban J connectivity index is 2.04. The molecule has 0 radical (unpaired) electrons. The monoisotopic (exact) mass is 345 g/mol. The van der Waals surface area contributed by atoms with E-state index in [1.807, 2.05) is 7.11 Å². The molecule has 3 aromatic rings. The Morgan fingerprint density at radius 3 is 2.12 bits per heavy atom. The van der Waals surface area contributed by atoms with Crippen molar-refractivity contribution in [2.24, 2.45) is 5.41 Å². The Kier molecular flexibility index (Phi) is 4.04. The lowest BCUT2D eigenvalue weighted by atomic mass is 9.84. The third kappa shape index (κ3) is 2.52. The van der Waals surface area contributed by atoms with Crippen LogP contribution in [0.3, 0.4) is 0 Å². The van der Waals surface area contributed by atoms with Crippen molar-refractivity contribution < 1.29 is 4.74 Å². The molecule has 0 saturated carbocycles. The van der Waals surface area contributed by atoms with Crippen molar-refractivity contribution in [1.29, 1.82) is 0 Å². The third-order valence-corrected chi connectivity index (χ3v) is 5.73. The average molecular weight is 345 g/mol. The Hall–Kier alpha value is -2.32. The maximum absolute atomic E-state index is 6.02. The Bertz CT molecular complexity index is 933. The van der Waals surface area contributed by atoms with E-state index in [1.165, 1.54) is 39.2 Å². The molecule has 1 atom stereocenters. The minimum atomic E-state index is 0.0875. The molecule has 1 unspecified atom stereocenters. The van der Waals surface area contributed by atoms with Gasteiger partial charge < -0.3 is 9.30 Å². The van der Waals surface area contributed by atoms with Gasteiger partial charge in [-0.05, 0) is 25.0 Å². The SMILES string of the molecule is COC1c2c(-c3ccccc3)c(-c3ccc(C)cc3)c(C)n2CC1(C)C. The van der Waals surface area contributed by atoms with E-state index < -0.39 is 0 Å². The summed E-state index contributed by atoms with van der Waals surface area (Å²) in [6.07, 6.45) is 0.0932. The number of aromatic nitrogens is 1. The van der Waals surface area contributed by atoms with Crippen molar-refractivity contribution in [2.75, 3.05) is 7.11 Å². The van der Waals surface area contributed by atoms with Gasteiger partial charge in [0, 0.05) is 35.9 Å². The number of ether oxygens (including phenoxy) is 1. The van der Waals surface area contributed by atoms with Crippen LogP contribution in [-0.2, 0) is 11.3 Å². The van der Waals surface area contributed by atoms with E-state index in [4.69, 9.17) is 4.74 Å². The first-order chi connectivity index (χ1) is 12.4. The van der Waals surface area contributed by atoms with Crippen LogP contribution >= 0.6 is 0 Å². The first-order valence-electron chi connectivity index (χ1n) is 9.32. The second-order valence-corrected chi connectivity index (χ2v) is 8.14. The summed E-state index contributed by atoms with van der Waals surface area (Å²) >= 11 is 0. The maximum Gasteiger partial charge on any atom is 0.104 e. The van der Waals surface area contributed by atoms with Crippen LogP contribution in [0, 0.1) is 19.3 Å². The van der Waals surface area contributed by atoms with Crippen molar-refractivity contribution in [3.63, 3.8) is 0 Å². The van der Waals surface area contributed by atoms with Crippen LogP contribution in [0.2, 0.25) is 0 Å². The van der Waals surface area contributed by atoms with Gasteiger partial charge in [0.15, 0.2) is 0 Å². The molecular weight excluding hydrogens is 318 g/mol. The zero-order valence-corrected chi connectivity index (χ0v) is 16.3. The molecule has 2 heteroatoms. The van der Waals surface area contributed by atoms with E-state index in [-0.39, 0.29) is 11.5 Å². The topological polar surface area (TPSA) is 14.2 Å². The number of hydrogen-bond acceptors (Lipinski definition) is 1. The second kappa shape index (κ2) is 6.14. The van der Waals surface area contributed by atoms with Crippen LogP contribution in [0.15, 0.2) is 54.6 Å². The zero-order valence-electron chi connectivity index (χ0n) is 16.3. The summed E-state index contributed by atoms with van der Waals surface area (Å²) in [5, 5.41) is 0. The van der Waals surface area contributed by atoms with Gasteiger partial charge in [-0.15, -0.1) is 0 Å². The molecular formula is C24H27NO. The van der Waals surface area contributed by atoms with Crippen molar-refractivity contribution in [2.45, 2.75) is 40.3 Å². The molecule has 26 heavy (non-hydrogen) atoms. The summed E-state index contributed by atoms with van der Waals surface area (Å²) in [7, 11) is 1.84. The van der Waals surface area contributed by atoms with Gasteiger partial charge in [-0.2, -0.15) is 0 Å². The van der Waals surface area contributed by atoms with Gasteiger partial charge >= 0.3 is 0 Å². The lowest BCUT2D eigenvalue weighted by Crippen LogP contribution is -2.20. The van der Waals surface area contributed by atoms with Gasteiger partial charge in [-0.3, -0.25) is 0 Å². The Morgan fingerprint density at radius 1 is 0.885 bits per heavy atom. The molecule has 0 spiro atoms. The predicted molar refractivity (Wildman–Crippen MR) is 108 cm³/mol. The fourth-order valence-corrected chi connectivity index (χ4v) is 4.50. The molecule has 0 bridgehead atoms. The van der Waals surface area contributed by atoms with Crippen molar-refractivity contribution in [3.05, 3.63) is 71.5 Å². The van der Waals surface area contributed by atoms with Crippen LogP contribution in [0.5, 0.6) is 0 Å². The highest BCUT2D eigenvalue weighted by molar-refractivity contribution is 5.88. The van der Waals surface area contributed by atoms with E-state index >= 15 is 0 Å². The molecule has 0 saturated heterocycles. The van der Waals surface area contributed by atoms with E-state index in [0.29, 0.717) is 0 Å². The molecule has 1 aliphatic rings. The average Bonchev–Trinajstić information content (AvgIpc) is 3.05. The van der Waals surface area contributed by atoms with E-state index in [9.17, 15) is 0 Å². The number of methoxy groups -OCH3 is 1. The van der Waals surface area contributed by atoms with E-state index in [2.05, 4.69) is 86.9 Å². The van der Waals surface area contributed by atoms with E-state index in [0.717, 1.165) is 6.54 Å². The van der Waals surface area contributed by atoms with Crippen LogP contribution in [0.4, 0.5) is 0 Å². The summed E-state index contributed by atoms with van der Waals surface area (Å²) in [6, 6.07) is 19.6. The third-order valence-electron chi connectivity index (χ3n) is 5.73. The molecule has 134 valence electrons. The normalized spacial score (nSPS) is 18.1. The summed E-state index contributed by atoms with van der Waals surface area (Å²) < 4.78 is 8.50.